The first-order valence-electron chi connectivity index (χ1n) is 6.36. The summed E-state index contributed by atoms with van der Waals surface area (Å²) in [5.74, 6) is 6.50. The van der Waals surface area contributed by atoms with E-state index in [2.05, 4.69) is 11.1 Å². The van der Waals surface area contributed by atoms with E-state index >= 15 is 0 Å². The maximum atomic E-state index is 12.3. The summed E-state index contributed by atoms with van der Waals surface area (Å²) in [4.78, 5) is 17.6. The first-order valence-corrected chi connectivity index (χ1v) is 7.24. The molecule has 1 aromatic carbocycles. The van der Waals surface area contributed by atoms with Gasteiger partial charge in [0.1, 0.15) is 10.7 Å². The average Bonchev–Trinajstić information content (AvgIpc) is 2.77. The summed E-state index contributed by atoms with van der Waals surface area (Å²) < 4.78 is 1.17. The Labute approximate surface area is 120 Å². The van der Waals surface area contributed by atoms with Crippen LogP contribution >= 0.6 is 11.3 Å². The molecule has 3 rings (SSSR count). The Bertz CT molecular complexity index is 848. The number of nitrogen functional groups attached to an aromatic ring is 1. The maximum Gasteiger partial charge on any atom is 0.280 e. The molecule has 3 aromatic rings. The second-order valence-corrected chi connectivity index (χ2v) is 5.83. The SMILES string of the molecule is Cc1cccc(Cc2nc3scc(C)c3c(=O)n2N)c1. The van der Waals surface area contributed by atoms with Crippen LogP contribution in [-0.4, -0.2) is 9.66 Å². The van der Waals surface area contributed by atoms with Gasteiger partial charge in [-0.25, -0.2) is 9.66 Å². The van der Waals surface area contributed by atoms with Crippen molar-refractivity contribution in [1.82, 2.24) is 9.66 Å². The fourth-order valence-electron chi connectivity index (χ4n) is 2.31. The number of hydrogen-bond donors (Lipinski definition) is 1. The second kappa shape index (κ2) is 4.76. The molecular weight excluding hydrogens is 270 g/mol. The van der Waals surface area contributed by atoms with Crippen LogP contribution < -0.4 is 11.4 Å². The zero-order valence-corrected chi connectivity index (χ0v) is 12.2. The van der Waals surface area contributed by atoms with E-state index in [-0.39, 0.29) is 5.56 Å². The van der Waals surface area contributed by atoms with Gasteiger partial charge in [-0.05, 0) is 30.4 Å². The molecule has 0 aliphatic carbocycles. The Morgan fingerprint density at radius 1 is 1.35 bits per heavy atom. The Kier molecular flexibility index (Phi) is 3.06. The number of aryl methyl sites for hydroxylation is 2. The highest BCUT2D eigenvalue weighted by Crippen LogP contribution is 2.20. The number of thiophene rings is 1. The monoisotopic (exact) mass is 285 g/mol. The molecule has 0 bridgehead atoms. The zero-order valence-electron chi connectivity index (χ0n) is 11.4. The Morgan fingerprint density at radius 3 is 2.90 bits per heavy atom. The molecule has 0 radical (unpaired) electrons. The molecule has 2 N–H and O–H groups in total. The third-order valence-electron chi connectivity index (χ3n) is 3.34. The minimum Gasteiger partial charge on any atom is -0.335 e. The highest BCUT2D eigenvalue weighted by atomic mass is 32.1. The second-order valence-electron chi connectivity index (χ2n) is 4.97. The molecule has 0 aliphatic heterocycles. The van der Waals surface area contributed by atoms with Crippen LogP contribution in [0, 0.1) is 13.8 Å². The maximum absolute atomic E-state index is 12.3. The van der Waals surface area contributed by atoms with Crippen molar-refractivity contribution in [3.8, 4) is 0 Å². The number of nitrogens with two attached hydrogens (primary N) is 1. The van der Waals surface area contributed by atoms with Crippen molar-refractivity contribution in [2.24, 2.45) is 0 Å². The average molecular weight is 285 g/mol. The molecule has 0 saturated heterocycles. The van der Waals surface area contributed by atoms with E-state index in [1.54, 1.807) is 0 Å². The summed E-state index contributed by atoms with van der Waals surface area (Å²) in [6.45, 7) is 3.94. The van der Waals surface area contributed by atoms with Crippen molar-refractivity contribution >= 4 is 21.6 Å². The van der Waals surface area contributed by atoms with Gasteiger partial charge >= 0.3 is 0 Å². The summed E-state index contributed by atoms with van der Waals surface area (Å²) in [5, 5.41) is 2.57. The molecule has 102 valence electrons. The van der Waals surface area contributed by atoms with Gasteiger partial charge in [-0.3, -0.25) is 4.79 Å². The molecule has 0 aliphatic rings. The topological polar surface area (TPSA) is 60.9 Å². The van der Waals surface area contributed by atoms with E-state index in [9.17, 15) is 4.79 Å². The summed E-state index contributed by atoms with van der Waals surface area (Å²) in [7, 11) is 0. The van der Waals surface area contributed by atoms with Gasteiger partial charge in [0.15, 0.2) is 0 Å². The van der Waals surface area contributed by atoms with Crippen LogP contribution in [0.5, 0.6) is 0 Å². The van der Waals surface area contributed by atoms with Crippen molar-refractivity contribution in [1.29, 1.82) is 0 Å². The van der Waals surface area contributed by atoms with Gasteiger partial charge in [0.05, 0.1) is 5.39 Å². The summed E-state index contributed by atoms with van der Waals surface area (Å²) >= 11 is 1.48. The van der Waals surface area contributed by atoms with Gasteiger partial charge in [0, 0.05) is 6.42 Å². The lowest BCUT2D eigenvalue weighted by Crippen LogP contribution is -2.31. The Hall–Kier alpha value is -2.14. The van der Waals surface area contributed by atoms with E-state index < -0.39 is 0 Å². The molecule has 0 unspecified atom stereocenters. The van der Waals surface area contributed by atoms with E-state index in [1.165, 1.54) is 21.6 Å². The van der Waals surface area contributed by atoms with Crippen molar-refractivity contribution in [2.75, 3.05) is 5.84 Å². The smallest absolute Gasteiger partial charge is 0.280 e. The molecule has 0 saturated carbocycles. The van der Waals surface area contributed by atoms with Gasteiger partial charge in [-0.1, -0.05) is 29.8 Å². The van der Waals surface area contributed by atoms with Gasteiger partial charge in [0.2, 0.25) is 0 Å². The lowest BCUT2D eigenvalue weighted by molar-refractivity contribution is 0.815. The molecule has 5 heteroatoms. The van der Waals surface area contributed by atoms with Crippen LogP contribution in [0.25, 0.3) is 10.2 Å². The largest absolute Gasteiger partial charge is 0.335 e. The molecule has 2 aromatic heterocycles. The van der Waals surface area contributed by atoms with Crippen LogP contribution in [0.15, 0.2) is 34.4 Å². The quantitative estimate of drug-likeness (QED) is 0.735. The normalized spacial score (nSPS) is 11.1. The third kappa shape index (κ3) is 2.10. The number of aromatic nitrogens is 2. The summed E-state index contributed by atoms with van der Waals surface area (Å²) in [5.41, 5.74) is 3.05. The highest BCUT2D eigenvalue weighted by molar-refractivity contribution is 7.16. The third-order valence-corrected chi connectivity index (χ3v) is 4.33. The molecule has 0 fully saturated rings. The lowest BCUT2D eigenvalue weighted by atomic mass is 10.1. The molecular formula is C15H15N3OS. The van der Waals surface area contributed by atoms with Gasteiger partial charge in [-0.2, -0.15) is 0 Å². The first kappa shape index (κ1) is 12.9. The fraction of sp³-hybridized carbons (Fsp3) is 0.200. The number of nitrogens with zero attached hydrogens (tertiary/aromatic N) is 2. The molecule has 0 spiro atoms. The fourth-order valence-corrected chi connectivity index (χ4v) is 3.24. The van der Waals surface area contributed by atoms with Crippen molar-refractivity contribution in [3.63, 3.8) is 0 Å². The first-order chi connectivity index (χ1) is 9.56. The number of benzene rings is 1. The van der Waals surface area contributed by atoms with Crippen LogP contribution in [0.2, 0.25) is 0 Å². The number of fused-ring (bicyclic) bond motifs is 1. The van der Waals surface area contributed by atoms with Crippen LogP contribution in [0.4, 0.5) is 0 Å². The van der Waals surface area contributed by atoms with Gasteiger partial charge < -0.3 is 5.84 Å². The van der Waals surface area contributed by atoms with Crippen LogP contribution in [-0.2, 0) is 6.42 Å². The predicted octanol–water partition coefficient (Wildman–Crippen LogP) is 2.38. The molecule has 0 amide bonds. The molecule has 20 heavy (non-hydrogen) atoms. The van der Waals surface area contributed by atoms with Gasteiger partial charge in [-0.15, -0.1) is 11.3 Å². The summed E-state index contributed by atoms with van der Waals surface area (Å²) in [6, 6.07) is 8.13. The zero-order chi connectivity index (χ0) is 14.3. The van der Waals surface area contributed by atoms with Crippen molar-refractivity contribution in [3.05, 3.63) is 62.5 Å². The van der Waals surface area contributed by atoms with E-state index in [1.807, 2.05) is 37.4 Å². The Balaban J connectivity index is 2.13. The Morgan fingerprint density at radius 2 is 2.15 bits per heavy atom. The summed E-state index contributed by atoms with van der Waals surface area (Å²) in [6.07, 6.45) is 0.556. The van der Waals surface area contributed by atoms with Crippen LogP contribution in [0.1, 0.15) is 22.5 Å². The minimum atomic E-state index is -0.170. The standard InChI is InChI=1S/C15H15N3OS/c1-9-4-3-5-11(6-9)7-12-17-14-13(10(2)8-20-14)15(19)18(12)16/h3-6,8H,7,16H2,1-2H3. The van der Waals surface area contributed by atoms with E-state index in [0.717, 1.165) is 16.0 Å². The molecule has 2 heterocycles. The van der Waals surface area contributed by atoms with Crippen molar-refractivity contribution in [2.45, 2.75) is 20.3 Å². The lowest BCUT2D eigenvalue weighted by Gasteiger charge is -2.08. The molecule has 0 atom stereocenters. The minimum absolute atomic E-state index is 0.170. The van der Waals surface area contributed by atoms with Crippen LogP contribution in [0.3, 0.4) is 0 Å². The van der Waals surface area contributed by atoms with Crippen molar-refractivity contribution < 1.29 is 0 Å². The van der Waals surface area contributed by atoms with Gasteiger partial charge in [0.25, 0.3) is 5.56 Å². The predicted molar refractivity (Wildman–Crippen MR) is 82.8 cm³/mol. The number of rotatable bonds is 2. The molecule has 4 nitrogen and oxygen atoms in total. The van der Waals surface area contributed by atoms with E-state index in [0.29, 0.717) is 17.6 Å². The highest BCUT2D eigenvalue weighted by Gasteiger charge is 2.12. The number of hydrogen-bond acceptors (Lipinski definition) is 4. The van der Waals surface area contributed by atoms with E-state index in [4.69, 9.17) is 5.84 Å².